The minimum atomic E-state index is -0.244. The summed E-state index contributed by atoms with van der Waals surface area (Å²) in [4.78, 5) is 41.1. The molecule has 2 aromatic heterocycles. The number of rotatable bonds is 7. The Morgan fingerprint density at radius 3 is 2.34 bits per heavy atom. The van der Waals surface area contributed by atoms with E-state index in [1.54, 1.807) is 4.57 Å². The van der Waals surface area contributed by atoms with Gasteiger partial charge in [0.25, 0.3) is 5.56 Å². The minimum absolute atomic E-state index is 0.0670. The van der Waals surface area contributed by atoms with Gasteiger partial charge < -0.3 is 4.90 Å². The highest BCUT2D eigenvalue weighted by Gasteiger charge is 2.29. The molecule has 7 heteroatoms. The van der Waals surface area contributed by atoms with Crippen LogP contribution in [0.25, 0.3) is 10.2 Å². The van der Waals surface area contributed by atoms with Crippen molar-refractivity contribution in [2.75, 3.05) is 13.1 Å². The van der Waals surface area contributed by atoms with Crippen LogP contribution in [0.15, 0.2) is 51.4 Å². The third-order valence-corrected chi connectivity index (χ3v) is 7.62. The van der Waals surface area contributed by atoms with Gasteiger partial charge in [-0.05, 0) is 62.5 Å². The molecule has 0 spiro atoms. The summed E-state index contributed by atoms with van der Waals surface area (Å²) in [5.41, 5.74) is 1.30. The topological polar surface area (TPSA) is 64.3 Å². The van der Waals surface area contributed by atoms with E-state index in [4.69, 9.17) is 0 Å². The normalized spacial score (nSPS) is 18.7. The molecule has 1 aromatic carbocycles. The molecule has 170 valence electrons. The molecule has 0 bridgehead atoms. The Labute approximate surface area is 192 Å². The van der Waals surface area contributed by atoms with Gasteiger partial charge in [0.1, 0.15) is 4.70 Å². The zero-order chi connectivity index (χ0) is 22.7. The Hall–Kier alpha value is -2.67. The number of nitrogens with zero attached hydrogens (tertiary/aromatic N) is 3. The maximum absolute atomic E-state index is 13.4. The Kier molecular flexibility index (Phi) is 6.94. The van der Waals surface area contributed by atoms with Gasteiger partial charge in [-0.3, -0.25) is 18.7 Å². The lowest BCUT2D eigenvalue weighted by molar-refractivity contribution is -0.136. The standard InChI is InChI=1S/C25H31N3O3S/c1-3-26(4-2)23(29)20-12-10-19(11-13-20)17-28-24(30)22-21(14-15-32-22)27(25(28)31)16-18-8-6-5-7-9-18/h5-9,14-15,19-20H,3-4,10-13,16-17H2,1-2H3. The quantitative estimate of drug-likeness (QED) is 0.544. The van der Waals surface area contributed by atoms with Crippen molar-refractivity contribution in [1.82, 2.24) is 14.0 Å². The summed E-state index contributed by atoms with van der Waals surface area (Å²) >= 11 is 1.39. The first kappa shape index (κ1) is 22.5. The molecule has 0 saturated heterocycles. The van der Waals surface area contributed by atoms with E-state index >= 15 is 0 Å². The lowest BCUT2D eigenvalue weighted by Gasteiger charge is -2.31. The van der Waals surface area contributed by atoms with Gasteiger partial charge in [-0.25, -0.2) is 4.79 Å². The monoisotopic (exact) mass is 453 g/mol. The number of hydrogen-bond donors (Lipinski definition) is 0. The van der Waals surface area contributed by atoms with Crippen molar-refractivity contribution in [1.29, 1.82) is 0 Å². The molecule has 0 aliphatic heterocycles. The summed E-state index contributed by atoms with van der Waals surface area (Å²) in [5, 5.41) is 1.88. The number of carbonyl (C=O) groups is 1. The molecule has 1 fully saturated rings. The molecular weight excluding hydrogens is 422 g/mol. The molecule has 1 amide bonds. The maximum Gasteiger partial charge on any atom is 0.331 e. The molecule has 4 rings (SSSR count). The van der Waals surface area contributed by atoms with Crippen molar-refractivity contribution in [2.24, 2.45) is 11.8 Å². The van der Waals surface area contributed by atoms with E-state index in [9.17, 15) is 14.4 Å². The summed E-state index contributed by atoms with van der Waals surface area (Å²) in [6.45, 7) is 6.38. The first-order chi connectivity index (χ1) is 15.5. The van der Waals surface area contributed by atoms with Crippen LogP contribution in [0.5, 0.6) is 0 Å². The highest BCUT2D eigenvalue weighted by Crippen LogP contribution is 2.31. The largest absolute Gasteiger partial charge is 0.343 e. The second-order valence-corrected chi connectivity index (χ2v) is 9.55. The summed E-state index contributed by atoms with van der Waals surface area (Å²) in [6, 6.07) is 11.7. The van der Waals surface area contributed by atoms with Crippen molar-refractivity contribution >= 4 is 27.5 Å². The van der Waals surface area contributed by atoms with E-state index in [1.165, 1.54) is 15.9 Å². The predicted octanol–water partition coefficient (Wildman–Crippen LogP) is 3.95. The summed E-state index contributed by atoms with van der Waals surface area (Å²) in [7, 11) is 0. The van der Waals surface area contributed by atoms with Crippen LogP contribution in [-0.2, 0) is 17.9 Å². The van der Waals surface area contributed by atoms with Crippen LogP contribution in [0, 0.1) is 11.8 Å². The number of carbonyl (C=O) groups excluding carboxylic acids is 1. The van der Waals surface area contributed by atoms with Crippen LogP contribution in [0.1, 0.15) is 45.1 Å². The fourth-order valence-corrected chi connectivity index (χ4v) is 5.70. The molecule has 2 heterocycles. The van der Waals surface area contributed by atoms with Gasteiger partial charge in [-0.2, -0.15) is 0 Å². The minimum Gasteiger partial charge on any atom is -0.343 e. The molecule has 0 N–H and O–H groups in total. The van der Waals surface area contributed by atoms with Crippen LogP contribution in [-0.4, -0.2) is 33.0 Å². The first-order valence-electron chi connectivity index (χ1n) is 11.6. The van der Waals surface area contributed by atoms with Crippen LogP contribution in [0.2, 0.25) is 0 Å². The fourth-order valence-electron chi connectivity index (χ4n) is 4.86. The maximum atomic E-state index is 13.4. The molecule has 6 nitrogen and oxygen atoms in total. The van der Waals surface area contributed by atoms with E-state index in [1.807, 2.05) is 60.5 Å². The molecule has 1 saturated carbocycles. The van der Waals surface area contributed by atoms with E-state index in [2.05, 4.69) is 0 Å². The third kappa shape index (κ3) is 4.44. The van der Waals surface area contributed by atoms with Crippen LogP contribution >= 0.6 is 11.3 Å². The van der Waals surface area contributed by atoms with E-state index in [0.29, 0.717) is 23.3 Å². The van der Waals surface area contributed by atoms with Gasteiger partial charge in [0.15, 0.2) is 0 Å². The molecule has 0 unspecified atom stereocenters. The molecule has 1 aliphatic rings. The Morgan fingerprint density at radius 1 is 1.00 bits per heavy atom. The summed E-state index contributed by atoms with van der Waals surface area (Å²) in [5.74, 6) is 0.553. The van der Waals surface area contributed by atoms with Gasteiger partial charge in [0.05, 0.1) is 12.1 Å². The Morgan fingerprint density at radius 2 is 1.69 bits per heavy atom. The summed E-state index contributed by atoms with van der Waals surface area (Å²) in [6.07, 6.45) is 3.39. The fraction of sp³-hybridized carbons (Fsp3) is 0.480. The van der Waals surface area contributed by atoms with Crippen LogP contribution < -0.4 is 11.2 Å². The zero-order valence-corrected chi connectivity index (χ0v) is 19.6. The average Bonchev–Trinajstić information content (AvgIpc) is 3.31. The van der Waals surface area contributed by atoms with Crippen molar-refractivity contribution in [3.8, 4) is 0 Å². The Bertz CT molecular complexity index is 1180. The second kappa shape index (κ2) is 9.86. The molecular formula is C25H31N3O3S. The lowest BCUT2D eigenvalue weighted by atomic mass is 9.81. The molecule has 1 aliphatic carbocycles. The number of hydrogen-bond acceptors (Lipinski definition) is 4. The van der Waals surface area contributed by atoms with E-state index in [-0.39, 0.29) is 29.0 Å². The third-order valence-electron chi connectivity index (χ3n) is 6.73. The average molecular weight is 454 g/mol. The Balaban J connectivity index is 1.56. The number of thiophene rings is 1. The van der Waals surface area contributed by atoms with Crippen LogP contribution in [0.3, 0.4) is 0 Å². The van der Waals surface area contributed by atoms with Crippen molar-refractivity contribution in [3.05, 3.63) is 68.2 Å². The molecule has 32 heavy (non-hydrogen) atoms. The highest BCUT2D eigenvalue weighted by molar-refractivity contribution is 7.17. The smallest absolute Gasteiger partial charge is 0.331 e. The lowest BCUT2D eigenvalue weighted by Crippen LogP contribution is -2.42. The van der Waals surface area contributed by atoms with Gasteiger partial charge in [-0.15, -0.1) is 11.3 Å². The number of amides is 1. The summed E-state index contributed by atoms with van der Waals surface area (Å²) < 4.78 is 3.78. The van der Waals surface area contributed by atoms with Crippen molar-refractivity contribution in [3.63, 3.8) is 0 Å². The number of fused-ring (bicyclic) bond motifs is 1. The highest BCUT2D eigenvalue weighted by atomic mass is 32.1. The SMILES string of the molecule is CCN(CC)C(=O)C1CCC(Cn2c(=O)c3sccc3n(Cc3ccccc3)c2=O)CC1. The number of benzene rings is 1. The van der Waals surface area contributed by atoms with Gasteiger partial charge in [0.2, 0.25) is 5.91 Å². The molecule has 0 radical (unpaired) electrons. The molecule has 3 aromatic rings. The first-order valence-corrected chi connectivity index (χ1v) is 12.4. The zero-order valence-electron chi connectivity index (χ0n) is 18.8. The van der Waals surface area contributed by atoms with Crippen molar-refractivity contribution in [2.45, 2.75) is 52.6 Å². The van der Waals surface area contributed by atoms with Gasteiger partial charge >= 0.3 is 5.69 Å². The predicted molar refractivity (Wildman–Crippen MR) is 129 cm³/mol. The number of aromatic nitrogens is 2. The van der Waals surface area contributed by atoms with Crippen LogP contribution in [0.4, 0.5) is 0 Å². The molecule has 0 atom stereocenters. The van der Waals surface area contributed by atoms with Gasteiger partial charge in [0, 0.05) is 25.6 Å². The van der Waals surface area contributed by atoms with E-state index in [0.717, 1.165) is 44.3 Å². The van der Waals surface area contributed by atoms with E-state index < -0.39 is 0 Å². The van der Waals surface area contributed by atoms with Gasteiger partial charge in [-0.1, -0.05) is 30.3 Å². The second-order valence-electron chi connectivity index (χ2n) is 8.63. The van der Waals surface area contributed by atoms with Crippen molar-refractivity contribution < 1.29 is 4.79 Å².